The van der Waals surface area contributed by atoms with Gasteiger partial charge < -0.3 is 20.4 Å². The third kappa shape index (κ3) is 12.3. The van der Waals surface area contributed by atoms with Crippen molar-refractivity contribution in [3.63, 3.8) is 0 Å². The Labute approximate surface area is 179 Å². The fourth-order valence-electron chi connectivity index (χ4n) is 3.06. The molecule has 0 aromatic rings. The maximum absolute atomic E-state index is 4.73. The molecule has 0 spiro atoms. The molecule has 1 heterocycles. The highest BCUT2D eigenvalue weighted by Crippen LogP contribution is 2.15. The van der Waals surface area contributed by atoms with E-state index in [9.17, 15) is 0 Å². The van der Waals surface area contributed by atoms with Crippen molar-refractivity contribution in [3.05, 3.63) is 0 Å². The quantitative estimate of drug-likeness (QED) is 0.206. The van der Waals surface area contributed by atoms with Gasteiger partial charge >= 0.3 is 0 Å². The summed E-state index contributed by atoms with van der Waals surface area (Å²) in [6, 6.07) is 0.634. The number of guanidine groups is 1. The van der Waals surface area contributed by atoms with Gasteiger partial charge in [-0.25, -0.2) is 0 Å². The van der Waals surface area contributed by atoms with Crippen LogP contribution in [-0.2, 0) is 0 Å². The molecule has 2 N–H and O–H groups in total. The first-order valence-electron chi connectivity index (χ1n) is 10.5. The van der Waals surface area contributed by atoms with E-state index in [0.717, 1.165) is 37.9 Å². The average Bonchev–Trinajstić information content (AvgIpc) is 2.59. The maximum atomic E-state index is 4.73. The molecule has 0 radical (unpaired) electrons. The van der Waals surface area contributed by atoms with Gasteiger partial charge in [0.25, 0.3) is 0 Å². The number of hydrogen-bond acceptors (Lipinski definition) is 3. The minimum Gasteiger partial charge on any atom is -0.357 e. The number of rotatable bonds is 11. The Balaban J connectivity index is 0.00000625. The predicted octanol–water partition coefficient (Wildman–Crippen LogP) is 3.40. The monoisotopic (exact) mass is 481 g/mol. The molecule has 0 aromatic carbocycles. The molecule has 0 aliphatic carbocycles. The lowest BCUT2D eigenvalue weighted by Gasteiger charge is -2.29. The molecule has 6 heteroatoms. The maximum Gasteiger partial charge on any atom is 0.191 e. The van der Waals surface area contributed by atoms with Gasteiger partial charge in [-0.1, -0.05) is 6.92 Å². The van der Waals surface area contributed by atoms with Gasteiger partial charge in [-0.2, -0.15) is 0 Å². The fourth-order valence-corrected chi connectivity index (χ4v) is 3.06. The van der Waals surface area contributed by atoms with Crippen LogP contribution < -0.4 is 10.6 Å². The molecule has 26 heavy (non-hydrogen) atoms. The predicted molar refractivity (Wildman–Crippen MR) is 126 cm³/mol. The summed E-state index contributed by atoms with van der Waals surface area (Å²) in [4.78, 5) is 9.73. The third-order valence-corrected chi connectivity index (χ3v) is 5.23. The van der Waals surface area contributed by atoms with E-state index in [2.05, 4.69) is 55.2 Å². The molecule has 0 atom stereocenters. The van der Waals surface area contributed by atoms with Crippen molar-refractivity contribution in [1.82, 2.24) is 20.4 Å². The summed E-state index contributed by atoms with van der Waals surface area (Å²) in [6.07, 6.45) is 6.30. The van der Waals surface area contributed by atoms with Crippen LogP contribution in [0.25, 0.3) is 0 Å². The number of nitrogens with one attached hydrogen (secondary N) is 2. The molecule has 1 saturated heterocycles. The van der Waals surface area contributed by atoms with Crippen molar-refractivity contribution >= 4 is 29.9 Å². The highest BCUT2D eigenvalue weighted by Gasteiger charge is 2.14. The molecule has 0 amide bonds. The van der Waals surface area contributed by atoms with E-state index in [1.165, 1.54) is 51.9 Å². The molecule has 0 aromatic heterocycles. The van der Waals surface area contributed by atoms with Crippen LogP contribution in [0.15, 0.2) is 4.99 Å². The topological polar surface area (TPSA) is 42.9 Å². The van der Waals surface area contributed by atoms with Gasteiger partial charge in [0.2, 0.25) is 0 Å². The first kappa shape index (κ1) is 25.9. The SMILES string of the molecule is CCNC(=NCCCN1CCC(C)CC1)NCCCCN(C)C(C)C.I. The summed E-state index contributed by atoms with van der Waals surface area (Å²) >= 11 is 0. The summed E-state index contributed by atoms with van der Waals surface area (Å²) < 4.78 is 0. The summed E-state index contributed by atoms with van der Waals surface area (Å²) in [7, 11) is 2.20. The zero-order valence-corrected chi connectivity index (χ0v) is 20.2. The van der Waals surface area contributed by atoms with Crippen molar-refractivity contribution in [3.8, 4) is 0 Å². The van der Waals surface area contributed by atoms with Gasteiger partial charge in [0, 0.05) is 25.7 Å². The molecule has 156 valence electrons. The van der Waals surface area contributed by atoms with Crippen molar-refractivity contribution < 1.29 is 0 Å². The largest absolute Gasteiger partial charge is 0.357 e. The Morgan fingerprint density at radius 2 is 1.85 bits per heavy atom. The summed E-state index contributed by atoms with van der Waals surface area (Å²) in [5, 5.41) is 6.83. The normalized spacial score (nSPS) is 16.8. The molecular formula is C20H44IN5. The summed E-state index contributed by atoms with van der Waals surface area (Å²) in [6.45, 7) is 16.7. The van der Waals surface area contributed by atoms with E-state index >= 15 is 0 Å². The minimum atomic E-state index is 0. The Hall–Kier alpha value is -0.0800. The zero-order valence-electron chi connectivity index (χ0n) is 17.9. The smallest absolute Gasteiger partial charge is 0.191 e. The molecule has 1 fully saturated rings. The van der Waals surface area contributed by atoms with Gasteiger partial charge in [0.1, 0.15) is 0 Å². The summed E-state index contributed by atoms with van der Waals surface area (Å²) in [5.74, 6) is 1.89. The molecule has 1 aliphatic heterocycles. The number of nitrogens with zero attached hydrogens (tertiary/aromatic N) is 3. The average molecular weight is 482 g/mol. The number of halogens is 1. The fraction of sp³-hybridized carbons (Fsp3) is 0.950. The third-order valence-electron chi connectivity index (χ3n) is 5.23. The molecular weight excluding hydrogens is 437 g/mol. The highest BCUT2D eigenvalue weighted by molar-refractivity contribution is 14.0. The van der Waals surface area contributed by atoms with Crippen LogP contribution >= 0.6 is 24.0 Å². The van der Waals surface area contributed by atoms with Gasteiger partial charge in [0.15, 0.2) is 5.96 Å². The van der Waals surface area contributed by atoms with Crippen LogP contribution in [-0.4, -0.2) is 74.7 Å². The molecule has 5 nitrogen and oxygen atoms in total. The number of likely N-dealkylation sites (tertiary alicyclic amines) is 1. The molecule has 0 unspecified atom stereocenters. The molecule has 0 bridgehead atoms. The van der Waals surface area contributed by atoms with Crippen LogP contribution in [0.5, 0.6) is 0 Å². The first-order valence-corrected chi connectivity index (χ1v) is 10.5. The van der Waals surface area contributed by atoms with E-state index in [-0.39, 0.29) is 24.0 Å². The Bertz CT molecular complexity index is 354. The van der Waals surface area contributed by atoms with Crippen LogP contribution in [0.3, 0.4) is 0 Å². The minimum absolute atomic E-state index is 0. The van der Waals surface area contributed by atoms with Gasteiger partial charge in [0.05, 0.1) is 0 Å². The lowest BCUT2D eigenvalue weighted by atomic mass is 9.99. The van der Waals surface area contributed by atoms with Gasteiger partial charge in [-0.05, 0) is 92.0 Å². The van der Waals surface area contributed by atoms with E-state index in [1.807, 2.05) is 0 Å². The van der Waals surface area contributed by atoms with E-state index in [0.29, 0.717) is 6.04 Å². The van der Waals surface area contributed by atoms with Crippen molar-refractivity contribution in [2.45, 2.75) is 65.8 Å². The number of unbranched alkanes of at least 4 members (excludes halogenated alkanes) is 1. The number of aliphatic imine (C=N–C) groups is 1. The second-order valence-electron chi connectivity index (χ2n) is 7.85. The lowest BCUT2D eigenvalue weighted by molar-refractivity contribution is 0.192. The van der Waals surface area contributed by atoms with E-state index in [4.69, 9.17) is 4.99 Å². The first-order chi connectivity index (χ1) is 12.0. The highest BCUT2D eigenvalue weighted by atomic mass is 127. The zero-order chi connectivity index (χ0) is 18.5. The van der Waals surface area contributed by atoms with E-state index < -0.39 is 0 Å². The van der Waals surface area contributed by atoms with Gasteiger partial charge in [-0.3, -0.25) is 4.99 Å². The van der Waals surface area contributed by atoms with Crippen LogP contribution in [0.2, 0.25) is 0 Å². The second kappa shape index (κ2) is 15.9. The van der Waals surface area contributed by atoms with Gasteiger partial charge in [-0.15, -0.1) is 24.0 Å². The second-order valence-corrected chi connectivity index (χ2v) is 7.85. The lowest BCUT2D eigenvalue weighted by Crippen LogP contribution is -2.38. The van der Waals surface area contributed by atoms with Crippen LogP contribution in [0.4, 0.5) is 0 Å². The van der Waals surface area contributed by atoms with Crippen molar-refractivity contribution in [1.29, 1.82) is 0 Å². The number of hydrogen-bond donors (Lipinski definition) is 2. The summed E-state index contributed by atoms with van der Waals surface area (Å²) in [5.41, 5.74) is 0. The Morgan fingerprint density at radius 1 is 1.15 bits per heavy atom. The van der Waals surface area contributed by atoms with Crippen LogP contribution in [0.1, 0.15) is 59.8 Å². The van der Waals surface area contributed by atoms with E-state index in [1.54, 1.807) is 0 Å². The standard InChI is InChI=1S/C20H43N5.HI/c1-6-21-20(22-12-7-8-14-24(5)18(2)3)23-13-9-15-25-16-10-19(4)11-17-25;/h18-19H,6-17H2,1-5H3,(H2,21,22,23);1H. The van der Waals surface area contributed by atoms with Crippen LogP contribution in [0, 0.1) is 5.92 Å². The molecule has 0 saturated carbocycles. The van der Waals surface area contributed by atoms with Crippen molar-refractivity contribution in [2.75, 3.05) is 52.9 Å². The molecule has 1 rings (SSSR count). The molecule has 1 aliphatic rings. The van der Waals surface area contributed by atoms with Crippen molar-refractivity contribution in [2.24, 2.45) is 10.9 Å². The number of piperidine rings is 1. The Morgan fingerprint density at radius 3 is 2.46 bits per heavy atom. The Kier molecular flexibility index (Phi) is 15.9.